The summed E-state index contributed by atoms with van der Waals surface area (Å²) in [6.07, 6.45) is 13.5. The first-order chi connectivity index (χ1) is 9.31. The molecule has 3 rings (SSSR count). The Morgan fingerprint density at radius 2 is 2.00 bits per heavy atom. The van der Waals surface area contributed by atoms with Crippen LogP contribution in [0.2, 0.25) is 0 Å². The van der Waals surface area contributed by atoms with Crippen LogP contribution >= 0.6 is 0 Å². The first kappa shape index (κ1) is 13.2. The maximum atomic E-state index is 10.1. The molecule has 0 radical (unpaired) electrons. The lowest BCUT2D eigenvalue weighted by atomic mass is 9.82. The van der Waals surface area contributed by atoms with Crippen LogP contribution in [0.1, 0.15) is 81.7 Å². The van der Waals surface area contributed by atoms with Crippen LogP contribution in [0.25, 0.3) is 0 Å². The molecule has 0 aromatic carbocycles. The molecule has 2 aliphatic carbocycles. The molecular weight excluding hydrogens is 234 g/mol. The molecule has 0 bridgehead atoms. The smallest absolute Gasteiger partial charge is 0.0807 e. The summed E-state index contributed by atoms with van der Waals surface area (Å²) in [4.78, 5) is 0. The van der Waals surface area contributed by atoms with Crippen LogP contribution in [-0.4, -0.2) is 9.67 Å². The first-order valence-electron chi connectivity index (χ1n) is 8.19. The highest BCUT2D eigenvalue weighted by Crippen LogP contribution is 2.39. The minimum absolute atomic E-state index is 0.214. The highest BCUT2D eigenvalue weighted by molar-refractivity contribution is 5.28. The molecule has 2 heteroatoms. The third-order valence-electron chi connectivity index (χ3n) is 5.28. The fraction of sp³-hybridized carbons (Fsp3) is 0.765. The molecule has 1 aromatic rings. The molecule has 1 heterocycles. The number of hydrogen-bond acceptors (Lipinski definition) is 1. The Labute approximate surface area is 116 Å². The van der Waals surface area contributed by atoms with E-state index < -0.39 is 0 Å². The number of fused-ring (bicyclic) bond motifs is 1. The molecule has 1 aromatic heterocycles. The molecule has 0 amide bonds. The third-order valence-corrected chi connectivity index (χ3v) is 5.28. The van der Waals surface area contributed by atoms with E-state index in [1.165, 1.54) is 49.8 Å². The second kappa shape index (κ2) is 5.70. The highest BCUT2D eigenvalue weighted by Gasteiger charge is 2.28. The quantitative estimate of drug-likeness (QED) is 0.857. The van der Waals surface area contributed by atoms with Crippen molar-refractivity contribution in [3.05, 3.63) is 23.5 Å². The fourth-order valence-electron chi connectivity index (χ4n) is 4.28. The number of aliphatic hydroxyl groups is 1. The fourth-order valence-corrected chi connectivity index (χ4v) is 4.28. The summed E-state index contributed by atoms with van der Waals surface area (Å²) in [5, 5.41) is 10.1. The van der Waals surface area contributed by atoms with E-state index in [0.29, 0.717) is 6.04 Å². The Morgan fingerprint density at radius 1 is 1.21 bits per heavy atom. The van der Waals surface area contributed by atoms with E-state index in [2.05, 4.69) is 23.8 Å². The maximum Gasteiger partial charge on any atom is 0.0807 e. The molecule has 2 aliphatic rings. The van der Waals surface area contributed by atoms with Crippen molar-refractivity contribution in [2.24, 2.45) is 5.92 Å². The van der Waals surface area contributed by atoms with Crippen molar-refractivity contribution < 1.29 is 5.11 Å². The lowest BCUT2D eigenvalue weighted by Crippen LogP contribution is -2.23. The van der Waals surface area contributed by atoms with Crippen molar-refractivity contribution in [3.8, 4) is 0 Å². The molecule has 1 N–H and O–H groups in total. The second-order valence-electron chi connectivity index (χ2n) is 6.41. The highest BCUT2D eigenvalue weighted by atomic mass is 16.3. The zero-order valence-electron chi connectivity index (χ0n) is 12.1. The number of aliphatic hydroxyl groups excluding tert-OH is 1. The van der Waals surface area contributed by atoms with Crippen LogP contribution in [0.4, 0.5) is 0 Å². The molecular formula is C17H27NO. The van der Waals surface area contributed by atoms with Gasteiger partial charge in [-0.25, -0.2) is 0 Å². The van der Waals surface area contributed by atoms with E-state index in [4.69, 9.17) is 0 Å². The Bertz CT molecular complexity index is 417. The van der Waals surface area contributed by atoms with Crippen molar-refractivity contribution in [3.63, 3.8) is 0 Å². The molecule has 2 atom stereocenters. The monoisotopic (exact) mass is 261 g/mol. The Balaban J connectivity index is 1.87. The van der Waals surface area contributed by atoms with Gasteiger partial charge in [0.2, 0.25) is 0 Å². The van der Waals surface area contributed by atoms with Crippen molar-refractivity contribution in [1.82, 2.24) is 4.57 Å². The Morgan fingerprint density at radius 3 is 2.74 bits per heavy atom. The van der Waals surface area contributed by atoms with E-state index in [1.54, 1.807) is 0 Å². The summed E-state index contributed by atoms with van der Waals surface area (Å²) in [5.74, 6) is 0.856. The van der Waals surface area contributed by atoms with Gasteiger partial charge in [0, 0.05) is 23.5 Å². The summed E-state index contributed by atoms with van der Waals surface area (Å²) in [6.45, 7) is 2.32. The van der Waals surface area contributed by atoms with Crippen molar-refractivity contribution >= 4 is 0 Å². The summed E-state index contributed by atoms with van der Waals surface area (Å²) in [5.41, 5.74) is 2.64. The van der Waals surface area contributed by atoms with Crippen LogP contribution in [0, 0.1) is 5.92 Å². The third kappa shape index (κ3) is 2.47. The van der Waals surface area contributed by atoms with Gasteiger partial charge >= 0.3 is 0 Å². The van der Waals surface area contributed by atoms with Gasteiger partial charge in [0.1, 0.15) is 0 Å². The molecule has 106 valence electrons. The standard InChI is InChI=1S/C17H27NO/c1-2-15(13-7-4-3-5-8-13)18-12-11-14-16(18)9-6-10-17(14)19/h11-13,15,17,19H,2-10H2,1H3. The SMILES string of the molecule is CCC(C1CCCCC1)n1ccc2c1CCCC2O. The van der Waals surface area contributed by atoms with E-state index in [-0.39, 0.29) is 6.10 Å². The normalized spacial score (nSPS) is 26.1. The van der Waals surface area contributed by atoms with Crippen molar-refractivity contribution in [1.29, 1.82) is 0 Å². The lowest BCUT2D eigenvalue weighted by Gasteiger charge is -2.33. The zero-order valence-corrected chi connectivity index (χ0v) is 12.1. The van der Waals surface area contributed by atoms with E-state index in [0.717, 1.165) is 25.2 Å². The van der Waals surface area contributed by atoms with Crippen LogP contribution in [0.15, 0.2) is 12.3 Å². The minimum Gasteiger partial charge on any atom is -0.388 e. The van der Waals surface area contributed by atoms with Crippen LogP contribution in [-0.2, 0) is 6.42 Å². The maximum absolute atomic E-state index is 10.1. The summed E-state index contributed by atoms with van der Waals surface area (Å²) < 4.78 is 2.52. The predicted molar refractivity (Wildman–Crippen MR) is 78.2 cm³/mol. The van der Waals surface area contributed by atoms with Gasteiger partial charge in [-0.3, -0.25) is 0 Å². The minimum atomic E-state index is -0.214. The topological polar surface area (TPSA) is 25.2 Å². The lowest BCUT2D eigenvalue weighted by molar-refractivity contribution is 0.153. The van der Waals surface area contributed by atoms with Gasteiger partial charge in [-0.2, -0.15) is 0 Å². The number of hydrogen-bond donors (Lipinski definition) is 1. The van der Waals surface area contributed by atoms with Gasteiger partial charge in [0.15, 0.2) is 0 Å². The summed E-state index contributed by atoms with van der Waals surface area (Å²) in [7, 11) is 0. The number of aromatic nitrogens is 1. The predicted octanol–water partition coefficient (Wildman–Crippen LogP) is 4.39. The molecule has 2 unspecified atom stereocenters. The second-order valence-corrected chi connectivity index (χ2v) is 6.41. The van der Waals surface area contributed by atoms with Crippen LogP contribution < -0.4 is 0 Å². The Kier molecular flexibility index (Phi) is 3.97. The van der Waals surface area contributed by atoms with Crippen LogP contribution in [0.3, 0.4) is 0 Å². The molecule has 1 saturated carbocycles. The average molecular weight is 261 g/mol. The summed E-state index contributed by atoms with van der Waals surface area (Å²) in [6, 6.07) is 2.83. The molecule has 0 saturated heterocycles. The number of rotatable bonds is 3. The Hall–Kier alpha value is -0.760. The average Bonchev–Trinajstić information content (AvgIpc) is 2.87. The van der Waals surface area contributed by atoms with Gasteiger partial charge < -0.3 is 9.67 Å². The van der Waals surface area contributed by atoms with E-state index in [9.17, 15) is 5.11 Å². The van der Waals surface area contributed by atoms with Gasteiger partial charge in [-0.1, -0.05) is 26.2 Å². The number of nitrogens with zero attached hydrogens (tertiary/aromatic N) is 1. The van der Waals surface area contributed by atoms with Crippen molar-refractivity contribution in [2.75, 3.05) is 0 Å². The molecule has 2 nitrogen and oxygen atoms in total. The first-order valence-corrected chi connectivity index (χ1v) is 8.19. The molecule has 0 spiro atoms. The molecule has 19 heavy (non-hydrogen) atoms. The molecule has 1 fully saturated rings. The van der Waals surface area contributed by atoms with Gasteiger partial charge in [0.05, 0.1) is 6.10 Å². The largest absolute Gasteiger partial charge is 0.388 e. The molecule has 0 aliphatic heterocycles. The van der Waals surface area contributed by atoms with E-state index >= 15 is 0 Å². The van der Waals surface area contributed by atoms with Gasteiger partial charge in [0.25, 0.3) is 0 Å². The summed E-state index contributed by atoms with van der Waals surface area (Å²) >= 11 is 0. The van der Waals surface area contributed by atoms with Crippen LogP contribution in [0.5, 0.6) is 0 Å². The van der Waals surface area contributed by atoms with Crippen molar-refractivity contribution in [2.45, 2.75) is 76.9 Å². The van der Waals surface area contributed by atoms with Gasteiger partial charge in [-0.05, 0) is 50.5 Å². The zero-order chi connectivity index (χ0) is 13.2. The van der Waals surface area contributed by atoms with Gasteiger partial charge in [-0.15, -0.1) is 0 Å². The van der Waals surface area contributed by atoms with E-state index in [1.807, 2.05) is 0 Å².